The van der Waals surface area contributed by atoms with Crippen LogP contribution in [-0.2, 0) is 11.3 Å². The van der Waals surface area contributed by atoms with E-state index in [1.54, 1.807) is 18.2 Å². The number of aliphatic carboxylic acids is 1. The normalized spacial score (nSPS) is 18.5. The molecule has 1 N–H and O–H groups in total. The van der Waals surface area contributed by atoms with E-state index in [-0.39, 0.29) is 30.7 Å². The van der Waals surface area contributed by atoms with E-state index in [9.17, 15) is 23.1 Å². The number of hydrogen-bond donors (Lipinski definition) is 1. The van der Waals surface area contributed by atoms with Crippen LogP contribution < -0.4 is 14.4 Å². The minimum absolute atomic E-state index is 0.0906. The fraction of sp³-hybridized carbons (Fsp3) is 0.350. The molecule has 0 saturated heterocycles. The molecule has 0 bridgehead atoms. The zero-order chi connectivity index (χ0) is 21.3. The molecule has 1 aliphatic heterocycles. The van der Waals surface area contributed by atoms with Gasteiger partial charge in [0.1, 0.15) is 11.5 Å². The van der Waals surface area contributed by atoms with Gasteiger partial charge in [-0.1, -0.05) is 23.7 Å². The predicted octanol–water partition coefficient (Wildman–Crippen LogP) is 5.21. The number of carboxylic acids is 1. The van der Waals surface area contributed by atoms with Crippen LogP contribution in [0.25, 0.3) is 0 Å². The minimum atomic E-state index is -4.77. The molecule has 0 radical (unpaired) electrons. The topological polar surface area (TPSA) is 59.0 Å². The molecule has 1 heterocycles. The van der Waals surface area contributed by atoms with E-state index in [4.69, 9.17) is 16.3 Å². The lowest BCUT2D eigenvalue weighted by atomic mass is 9.92. The summed E-state index contributed by atoms with van der Waals surface area (Å²) in [6.07, 6.45) is -4.87. The summed E-state index contributed by atoms with van der Waals surface area (Å²) in [5.74, 6) is -1.13. The molecule has 1 aliphatic rings. The maximum atomic E-state index is 12.5. The quantitative estimate of drug-likeness (QED) is 0.682. The Kier molecular flexibility index (Phi) is 5.84. The highest BCUT2D eigenvalue weighted by Crippen LogP contribution is 2.47. The first-order valence-electron chi connectivity index (χ1n) is 8.79. The van der Waals surface area contributed by atoms with Gasteiger partial charge in [0, 0.05) is 24.2 Å². The number of ether oxygens (including phenoxy) is 2. The van der Waals surface area contributed by atoms with Crippen LogP contribution in [0.2, 0.25) is 5.02 Å². The number of fused-ring (bicyclic) bond motifs is 1. The zero-order valence-electron chi connectivity index (χ0n) is 15.7. The molecule has 9 heteroatoms. The average molecular weight is 430 g/mol. The van der Waals surface area contributed by atoms with Crippen molar-refractivity contribution in [3.8, 4) is 11.5 Å². The van der Waals surface area contributed by atoms with Crippen molar-refractivity contribution in [3.63, 3.8) is 0 Å². The van der Waals surface area contributed by atoms with Crippen molar-refractivity contribution in [1.82, 2.24) is 0 Å². The highest BCUT2D eigenvalue weighted by molar-refractivity contribution is 6.32. The first-order valence-corrected chi connectivity index (χ1v) is 9.17. The Hall–Kier alpha value is -2.61. The first-order chi connectivity index (χ1) is 13.6. The second kappa shape index (κ2) is 8.02. The maximum Gasteiger partial charge on any atom is 0.573 e. The molecule has 5 nitrogen and oxygen atoms in total. The summed E-state index contributed by atoms with van der Waals surface area (Å²) < 4.78 is 46.8. The molecule has 0 spiro atoms. The maximum absolute atomic E-state index is 12.5. The van der Waals surface area contributed by atoms with Crippen LogP contribution in [0, 0.1) is 0 Å². The van der Waals surface area contributed by atoms with Gasteiger partial charge in [-0.3, -0.25) is 4.79 Å². The number of rotatable bonds is 6. The third kappa shape index (κ3) is 4.70. The van der Waals surface area contributed by atoms with Gasteiger partial charge in [-0.15, -0.1) is 13.2 Å². The van der Waals surface area contributed by atoms with Gasteiger partial charge in [0.2, 0.25) is 0 Å². The molecule has 2 aromatic carbocycles. The smallest absolute Gasteiger partial charge is 0.495 e. The lowest BCUT2D eigenvalue weighted by molar-refractivity contribution is -0.274. The molecule has 2 unspecified atom stereocenters. The van der Waals surface area contributed by atoms with Crippen LogP contribution in [0.5, 0.6) is 11.5 Å². The van der Waals surface area contributed by atoms with E-state index >= 15 is 0 Å². The van der Waals surface area contributed by atoms with E-state index in [1.165, 1.54) is 25.3 Å². The lowest BCUT2D eigenvalue weighted by Gasteiger charge is -2.27. The largest absolute Gasteiger partial charge is 0.573 e. The molecular weight excluding hydrogens is 411 g/mol. The standard InChI is InChI=1S/C20H19ClF3NO4/c1-11-14(8-19(26)27)15-7-18(28-2)16(21)9-17(15)25(11)10-12-4-3-5-13(6-12)29-20(22,23)24/h3-7,9,11,14H,8,10H2,1-2H3,(H,26,27). The Morgan fingerprint density at radius 1 is 1.28 bits per heavy atom. The summed E-state index contributed by atoms with van der Waals surface area (Å²) >= 11 is 6.26. The molecular formula is C20H19ClF3NO4. The lowest BCUT2D eigenvalue weighted by Crippen LogP contribution is -2.31. The van der Waals surface area contributed by atoms with E-state index in [0.717, 1.165) is 11.3 Å². The number of hydrogen-bond acceptors (Lipinski definition) is 4. The van der Waals surface area contributed by atoms with Crippen molar-refractivity contribution < 1.29 is 32.5 Å². The average Bonchev–Trinajstić information content (AvgIpc) is 2.84. The number of anilines is 1. The van der Waals surface area contributed by atoms with Crippen LogP contribution >= 0.6 is 11.6 Å². The Balaban J connectivity index is 1.95. The van der Waals surface area contributed by atoms with E-state index in [2.05, 4.69) is 4.74 Å². The van der Waals surface area contributed by atoms with Gasteiger partial charge in [0.25, 0.3) is 0 Å². The number of methoxy groups -OCH3 is 1. The molecule has 0 aliphatic carbocycles. The fourth-order valence-corrected chi connectivity index (χ4v) is 3.93. The van der Waals surface area contributed by atoms with E-state index < -0.39 is 12.3 Å². The number of benzene rings is 2. The molecule has 2 aromatic rings. The van der Waals surface area contributed by atoms with Crippen LogP contribution in [0.4, 0.5) is 18.9 Å². The predicted molar refractivity (Wildman–Crippen MR) is 102 cm³/mol. The Labute approximate surface area is 170 Å². The number of halogens is 4. The first kappa shape index (κ1) is 21.1. The van der Waals surface area contributed by atoms with E-state index in [1.807, 2.05) is 11.8 Å². The highest BCUT2D eigenvalue weighted by Gasteiger charge is 2.38. The second-order valence-corrected chi connectivity index (χ2v) is 7.22. The molecule has 0 saturated carbocycles. The Morgan fingerprint density at radius 3 is 2.62 bits per heavy atom. The van der Waals surface area contributed by atoms with Crippen molar-refractivity contribution in [3.05, 3.63) is 52.5 Å². The third-order valence-electron chi connectivity index (χ3n) is 4.96. The highest BCUT2D eigenvalue weighted by atomic mass is 35.5. The van der Waals surface area contributed by atoms with E-state index in [0.29, 0.717) is 16.3 Å². The Bertz CT molecular complexity index is 919. The molecule has 156 valence electrons. The van der Waals surface area contributed by atoms with Gasteiger partial charge in [0.15, 0.2) is 0 Å². The number of alkyl halides is 3. The van der Waals surface area contributed by atoms with Gasteiger partial charge in [-0.2, -0.15) is 0 Å². The summed E-state index contributed by atoms with van der Waals surface area (Å²) in [4.78, 5) is 13.3. The number of carboxylic acid groups (broad SMARTS) is 1. The molecule has 29 heavy (non-hydrogen) atoms. The van der Waals surface area contributed by atoms with Crippen molar-refractivity contribution >= 4 is 23.3 Å². The van der Waals surface area contributed by atoms with Gasteiger partial charge in [0.05, 0.1) is 18.6 Å². The molecule has 0 amide bonds. The molecule has 0 fully saturated rings. The van der Waals surface area contributed by atoms with Crippen LogP contribution in [0.15, 0.2) is 36.4 Å². The zero-order valence-corrected chi connectivity index (χ0v) is 16.4. The number of carbonyl (C=O) groups is 1. The van der Waals surface area contributed by atoms with Crippen molar-refractivity contribution in [2.24, 2.45) is 0 Å². The van der Waals surface area contributed by atoms with Crippen molar-refractivity contribution in [2.45, 2.75) is 38.2 Å². The minimum Gasteiger partial charge on any atom is -0.495 e. The monoisotopic (exact) mass is 429 g/mol. The summed E-state index contributed by atoms with van der Waals surface area (Å²) in [6, 6.07) is 8.92. The second-order valence-electron chi connectivity index (χ2n) is 6.81. The Morgan fingerprint density at radius 2 is 2.00 bits per heavy atom. The van der Waals surface area contributed by atoms with Gasteiger partial charge in [-0.25, -0.2) is 0 Å². The summed E-state index contributed by atoms with van der Waals surface area (Å²) in [5, 5.41) is 9.69. The summed E-state index contributed by atoms with van der Waals surface area (Å²) in [7, 11) is 1.47. The summed E-state index contributed by atoms with van der Waals surface area (Å²) in [6.45, 7) is 2.14. The fourth-order valence-electron chi connectivity index (χ4n) is 3.69. The van der Waals surface area contributed by atoms with Crippen molar-refractivity contribution in [1.29, 1.82) is 0 Å². The number of nitrogens with zero attached hydrogens (tertiary/aromatic N) is 1. The van der Waals surface area contributed by atoms with Crippen LogP contribution in [0.1, 0.15) is 30.4 Å². The molecule has 2 atom stereocenters. The molecule has 3 rings (SSSR count). The third-order valence-corrected chi connectivity index (χ3v) is 5.26. The van der Waals surface area contributed by atoms with Crippen LogP contribution in [-0.4, -0.2) is 30.6 Å². The van der Waals surface area contributed by atoms with Crippen LogP contribution in [0.3, 0.4) is 0 Å². The van der Waals surface area contributed by atoms with Crippen molar-refractivity contribution in [2.75, 3.05) is 12.0 Å². The SMILES string of the molecule is COc1cc2c(cc1Cl)N(Cc1cccc(OC(F)(F)F)c1)C(C)C2CC(=O)O. The summed E-state index contributed by atoms with van der Waals surface area (Å²) in [5.41, 5.74) is 2.10. The van der Waals surface area contributed by atoms with Gasteiger partial charge >= 0.3 is 12.3 Å². The molecule has 0 aromatic heterocycles. The van der Waals surface area contributed by atoms with Gasteiger partial charge in [-0.05, 0) is 42.3 Å². The van der Waals surface area contributed by atoms with Gasteiger partial charge < -0.3 is 19.5 Å².